The van der Waals surface area contributed by atoms with Gasteiger partial charge in [0.05, 0.1) is 0 Å². The predicted octanol–water partition coefficient (Wildman–Crippen LogP) is 5.91. The monoisotopic (exact) mass is 250 g/mol. The summed E-state index contributed by atoms with van der Waals surface area (Å²) in [5.41, 5.74) is 0. The Kier molecular flexibility index (Phi) is 5.15. The van der Waals surface area contributed by atoms with Crippen LogP contribution in [-0.4, -0.2) is 0 Å². The van der Waals surface area contributed by atoms with E-state index in [1.807, 2.05) is 0 Å². The van der Waals surface area contributed by atoms with Gasteiger partial charge in [-0.2, -0.15) is 0 Å². The first-order valence-corrected chi connectivity index (χ1v) is 8.69. The summed E-state index contributed by atoms with van der Waals surface area (Å²) in [6.07, 6.45) is 11.8. The van der Waals surface area contributed by atoms with Gasteiger partial charge < -0.3 is 0 Å². The van der Waals surface area contributed by atoms with Gasteiger partial charge in [-0.05, 0) is 48.3 Å². The Balaban J connectivity index is 1.91. The van der Waals surface area contributed by atoms with E-state index >= 15 is 0 Å². The first-order valence-electron chi connectivity index (χ1n) is 8.69. The molecule has 0 bridgehead atoms. The fourth-order valence-electron chi connectivity index (χ4n) is 5.50. The minimum absolute atomic E-state index is 1.01. The highest BCUT2D eigenvalue weighted by Gasteiger charge is 2.50. The normalized spacial score (nSPS) is 43.3. The third-order valence-electron chi connectivity index (χ3n) is 6.15. The average molecular weight is 250 g/mol. The lowest BCUT2D eigenvalue weighted by atomic mass is 9.81. The Morgan fingerprint density at radius 3 is 2.06 bits per heavy atom. The highest BCUT2D eigenvalue weighted by molar-refractivity contribution is 4.99. The molecular weight excluding hydrogens is 216 g/mol. The molecule has 0 amide bonds. The van der Waals surface area contributed by atoms with Crippen LogP contribution >= 0.6 is 0 Å². The maximum atomic E-state index is 2.54. The minimum atomic E-state index is 1.01. The van der Waals surface area contributed by atoms with Crippen molar-refractivity contribution in [2.75, 3.05) is 0 Å². The fraction of sp³-hybridized carbons (Fsp3) is 1.00. The van der Waals surface area contributed by atoms with E-state index < -0.39 is 0 Å². The zero-order valence-corrected chi connectivity index (χ0v) is 13.1. The van der Waals surface area contributed by atoms with Crippen molar-refractivity contribution in [3.8, 4) is 0 Å². The molecule has 0 nitrogen and oxygen atoms in total. The molecule has 0 aromatic carbocycles. The van der Waals surface area contributed by atoms with Crippen molar-refractivity contribution >= 4 is 0 Å². The largest absolute Gasteiger partial charge is 0.0654 e. The summed E-state index contributed by atoms with van der Waals surface area (Å²) in [5, 5.41) is 0. The van der Waals surface area contributed by atoms with Gasteiger partial charge in [0, 0.05) is 0 Å². The predicted molar refractivity (Wildman–Crippen MR) is 80.6 cm³/mol. The van der Waals surface area contributed by atoms with Crippen LogP contribution < -0.4 is 0 Å². The van der Waals surface area contributed by atoms with Crippen LogP contribution in [0.3, 0.4) is 0 Å². The molecule has 0 N–H and O–H groups in total. The lowest BCUT2D eigenvalue weighted by Crippen LogP contribution is -2.18. The standard InChI is InChI=1S/C18H34/c1-5-7-8-9-10-16-12-15(6-2)17-13(3)11-14(4)18(16)17/h13-18H,5-12H2,1-4H3. The van der Waals surface area contributed by atoms with Crippen LogP contribution in [0.2, 0.25) is 0 Å². The van der Waals surface area contributed by atoms with E-state index in [4.69, 9.17) is 0 Å². The highest BCUT2D eigenvalue weighted by atomic mass is 14.6. The molecule has 0 aromatic heterocycles. The Morgan fingerprint density at radius 1 is 0.778 bits per heavy atom. The number of fused-ring (bicyclic) bond motifs is 1. The van der Waals surface area contributed by atoms with Crippen LogP contribution in [0.5, 0.6) is 0 Å². The van der Waals surface area contributed by atoms with Crippen molar-refractivity contribution in [1.82, 2.24) is 0 Å². The third kappa shape index (κ3) is 2.78. The van der Waals surface area contributed by atoms with Crippen molar-refractivity contribution in [3.05, 3.63) is 0 Å². The summed E-state index contributed by atoms with van der Waals surface area (Å²) in [6, 6.07) is 0. The summed E-state index contributed by atoms with van der Waals surface area (Å²) < 4.78 is 0. The zero-order chi connectivity index (χ0) is 13.1. The fourth-order valence-corrected chi connectivity index (χ4v) is 5.50. The Bertz CT molecular complexity index is 244. The molecule has 18 heavy (non-hydrogen) atoms. The molecule has 2 fully saturated rings. The number of rotatable bonds is 6. The Hall–Kier alpha value is 0. The number of hydrogen-bond donors (Lipinski definition) is 0. The van der Waals surface area contributed by atoms with Gasteiger partial charge in [-0.3, -0.25) is 0 Å². The zero-order valence-electron chi connectivity index (χ0n) is 13.1. The number of hydrogen-bond acceptors (Lipinski definition) is 0. The van der Waals surface area contributed by atoms with Gasteiger partial charge in [-0.25, -0.2) is 0 Å². The molecular formula is C18H34. The summed E-state index contributed by atoms with van der Waals surface area (Å²) in [6.45, 7) is 9.82. The van der Waals surface area contributed by atoms with Crippen molar-refractivity contribution in [3.63, 3.8) is 0 Å². The first kappa shape index (κ1) is 14.4. The molecule has 6 atom stereocenters. The summed E-state index contributed by atoms with van der Waals surface area (Å²) in [5.74, 6) is 6.34. The molecule has 0 heterocycles. The van der Waals surface area contributed by atoms with Gasteiger partial charge in [0.1, 0.15) is 0 Å². The molecule has 2 saturated carbocycles. The van der Waals surface area contributed by atoms with E-state index in [1.165, 1.54) is 44.9 Å². The molecule has 2 rings (SSSR count). The molecule has 2 aliphatic carbocycles. The van der Waals surface area contributed by atoms with Crippen molar-refractivity contribution in [2.24, 2.45) is 35.5 Å². The van der Waals surface area contributed by atoms with E-state index in [1.54, 1.807) is 6.42 Å². The van der Waals surface area contributed by atoms with E-state index in [9.17, 15) is 0 Å². The maximum Gasteiger partial charge on any atom is -0.0326 e. The van der Waals surface area contributed by atoms with E-state index in [-0.39, 0.29) is 0 Å². The first-order chi connectivity index (χ1) is 8.69. The topological polar surface area (TPSA) is 0 Å². The second kappa shape index (κ2) is 6.44. The molecule has 0 saturated heterocycles. The summed E-state index contributed by atoms with van der Waals surface area (Å²) in [4.78, 5) is 0. The Morgan fingerprint density at radius 2 is 1.44 bits per heavy atom. The van der Waals surface area contributed by atoms with Crippen LogP contribution in [0, 0.1) is 35.5 Å². The molecule has 2 aliphatic rings. The van der Waals surface area contributed by atoms with Crippen LogP contribution in [0.25, 0.3) is 0 Å². The molecule has 0 heteroatoms. The van der Waals surface area contributed by atoms with E-state index in [0.717, 1.165) is 35.5 Å². The van der Waals surface area contributed by atoms with Gasteiger partial charge >= 0.3 is 0 Å². The smallest absolute Gasteiger partial charge is 0.0326 e. The van der Waals surface area contributed by atoms with Gasteiger partial charge in [0.25, 0.3) is 0 Å². The van der Waals surface area contributed by atoms with Gasteiger partial charge in [0.15, 0.2) is 0 Å². The second-order valence-electron chi connectivity index (χ2n) is 7.36. The SMILES string of the molecule is CCCCCCC1CC(CC)C2C(C)CC(C)C12. The molecule has 0 spiro atoms. The Labute approximate surface area is 115 Å². The van der Waals surface area contributed by atoms with Crippen molar-refractivity contribution in [2.45, 2.75) is 79.1 Å². The van der Waals surface area contributed by atoms with Gasteiger partial charge in [-0.15, -0.1) is 0 Å². The molecule has 106 valence electrons. The maximum absolute atomic E-state index is 2.54. The lowest BCUT2D eigenvalue weighted by molar-refractivity contribution is 0.243. The lowest BCUT2D eigenvalue weighted by Gasteiger charge is -2.24. The second-order valence-corrected chi connectivity index (χ2v) is 7.36. The van der Waals surface area contributed by atoms with Crippen LogP contribution in [0.15, 0.2) is 0 Å². The van der Waals surface area contributed by atoms with E-state index in [0.29, 0.717) is 0 Å². The average Bonchev–Trinajstić information content (AvgIpc) is 2.85. The number of unbranched alkanes of at least 4 members (excludes halogenated alkanes) is 3. The molecule has 0 radical (unpaired) electrons. The van der Waals surface area contributed by atoms with E-state index in [2.05, 4.69) is 27.7 Å². The summed E-state index contributed by atoms with van der Waals surface area (Å²) in [7, 11) is 0. The summed E-state index contributed by atoms with van der Waals surface area (Å²) >= 11 is 0. The van der Waals surface area contributed by atoms with Crippen molar-refractivity contribution in [1.29, 1.82) is 0 Å². The van der Waals surface area contributed by atoms with Gasteiger partial charge in [0.2, 0.25) is 0 Å². The quantitative estimate of drug-likeness (QED) is 0.514. The minimum Gasteiger partial charge on any atom is -0.0654 e. The van der Waals surface area contributed by atoms with Crippen molar-refractivity contribution < 1.29 is 0 Å². The van der Waals surface area contributed by atoms with Crippen LogP contribution in [-0.2, 0) is 0 Å². The molecule has 0 aromatic rings. The highest BCUT2D eigenvalue weighted by Crippen LogP contribution is 2.58. The third-order valence-corrected chi connectivity index (χ3v) is 6.15. The van der Waals surface area contributed by atoms with Crippen LogP contribution in [0.1, 0.15) is 79.1 Å². The molecule has 6 unspecified atom stereocenters. The van der Waals surface area contributed by atoms with Crippen LogP contribution in [0.4, 0.5) is 0 Å². The molecule has 0 aliphatic heterocycles. The van der Waals surface area contributed by atoms with Gasteiger partial charge in [-0.1, -0.05) is 66.2 Å².